The van der Waals surface area contributed by atoms with Crippen LogP contribution in [0.4, 0.5) is 17.2 Å². The third-order valence-electron chi connectivity index (χ3n) is 3.56. The first-order chi connectivity index (χ1) is 12.7. The average Bonchev–Trinajstić information content (AvgIpc) is 3.05. The molecule has 0 fully saturated rings. The van der Waals surface area contributed by atoms with E-state index in [1.807, 2.05) is 0 Å². The molecule has 26 heavy (non-hydrogen) atoms. The second kappa shape index (κ2) is 8.07. The van der Waals surface area contributed by atoms with Crippen molar-refractivity contribution in [2.45, 2.75) is 0 Å². The zero-order chi connectivity index (χ0) is 18.4. The molecule has 0 saturated heterocycles. The molecular weight excluding hydrogens is 342 g/mol. The van der Waals surface area contributed by atoms with Crippen LogP contribution in [0.1, 0.15) is 0 Å². The number of nitrogens with two attached hydrogens (primary N) is 1. The summed E-state index contributed by atoms with van der Waals surface area (Å²) in [5, 5.41) is 24.9. The summed E-state index contributed by atoms with van der Waals surface area (Å²) in [5.74, 6) is 0.289. The van der Waals surface area contributed by atoms with Crippen molar-refractivity contribution in [1.82, 2.24) is 20.6 Å². The monoisotopic (exact) mass is 359 g/mol. The molecule has 0 radical (unpaired) electrons. The molecular formula is C15H17N7O4. The lowest BCUT2D eigenvalue weighted by Crippen LogP contribution is -2.26. The van der Waals surface area contributed by atoms with Crippen molar-refractivity contribution in [2.24, 2.45) is 0 Å². The Morgan fingerprint density at radius 2 is 2.12 bits per heavy atom. The summed E-state index contributed by atoms with van der Waals surface area (Å²) in [6, 6.07) is 6.50. The first-order valence-electron chi connectivity index (χ1n) is 7.84. The van der Waals surface area contributed by atoms with Crippen LogP contribution in [-0.4, -0.2) is 46.5 Å². The second-order valence-electron chi connectivity index (χ2n) is 5.27. The largest absolute Gasteiger partial charge is 0.471 e. The molecule has 11 heteroatoms. The number of pyridine rings is 1. The molecule has 1 aromatic carbocycles. The second-order valence-corrected chi connectivity index (χ2v) is 5.27. The third-order valence-corrected chi connectivity index (χ3v) is 3.56. The van der Waals surface area contributed by atoms with Crippen LogP contribution >= 0.6 is 0 Å². The fourth-order valence-corrected chi connectivity index (χ4v) is 2.38. The van der Waals surface area contributed by atoms with Crippen molar-refractivity contribution in [3.05, 3.63) is 40.6 Å². The Bertz CT molecular complexity index is 899. The SMILES string of the molecule is Nc1nonc1OCCNCCNc1ccc([N+](=O)[O-])c2cccnc12. The number of nitro benzene ring substituents is 1. The van der Waals surface area contributed by atoms with Gasteiger partial charge in [-0.25, -0.2) is 4.63 Å². The maximum absolute atomic E-state index is 11.1. The van der Waals surface area contributed by atoms with E-state index in [0.717, 1.165) is 5.69 Å². The van der Waals surface area contributed by atoms with E-state index in [2.05, 4.69) is 30.6 Å². The lowest BCUT2D eigenvalue weighted by molar-refractivity contribution is -0.383. The summed E-state index contributed by atoms with van der Waals surface area (Å²) in [4.78, 5) is 14.9. The van der Waals surface area contributed by atoms with Crippen LogP contribution in [-0.2, 0) is 0 Å². The van der Waals surface area contributed by atoms with E-state index < -0.39 is 4.92 Å². The molecule has 3 rings (SSSR count). The van der Waals surface area contributed by atoms with Gasteiger partial charge in [0.05, 0.1) is 16.0 Å². The van der Waals surface area contributed by atoms with Gasteiger partial charge in [0.2, 0.25) is 5.82 Å². The van der Waals surface area contributed by atoms with Gasteiger partial charge in [-0.1, -0.05) is 0 Å². The summed E-state index contributed by atoms with van der Waals surface area (Å²) >= 11 is 0. The molecule has 11 nitrogen and oxygen atoms in total. The van der Waals surface area contributed by atoms with E-state index >= 15 is 0 Å². The molecule has 0 aliphatic rings. The number of aromatic nitrogens is 3. The van der Waals surface area contributed by atoms with Crippen molar-refractivity contribution >= 4 is 28.1 Å². The van der Waals surface area contributed by atoms with Crippen LogP contribution in [0.3, 0.4) is 0 Å². The maximum atomic E-state index is 11.1. The average molecular weight is 359 g/mol. The zero-order valence-corrected chi connectivity index (χ0v) is 13.7. The van der Waals surface area contributed by atoms with E-state index in [1.54, 1.807) is 24.4 Å². The number of hydrogen-bond donors (Lipinski definition) is 3. The normalized spacial score (nSPS) is 10.8. The molecule has 0 saturated carbocycles. The summed E-state index contributed by atoms with van der Waals surface area (Å²) in [7, 11) is 0. The van der Waals surface area contributed by atoms with Crippen molar-refractivity contribution in [2.75, 3.05) is 37.3 Å². The number of anilines is 2. The van der Waals surface area contributed by atoms with Crippen LogP contribution < -0.4 is 21.1 Å². The van der Waals surface area contributed by atoms with Gasteiger partial charge in [-0.05, 0) is 28.5 Å². The zero-order valence-electron chi connectivity index (χ0n) is 13.7. The van der Waals surface area contributed by atoms with Crippen LogP contribution in [0, 0.1) is 10.1 Å². The number of fused-ring (bicyclic) bond motifs is 1. The minimum Gasteiger partial charge on any atom is -0.471 e. The van der Waals surface area contributed by atoms with E-state index in [9.17, 15) is 10.1 Å². The number of nitrogens with one attached hydrogen (secondary N) is 2. The van der Waals surface area contributed by atoms with E-state index in [1.165, 1.54) is 6.07 Å². The molecule has 2 heterocycles. The number of nitrogen functional groups attached to an aromatic ring is 1. The topological polar surface area (TPSA) is 154 Å². The Morgan fingerprint density at radius 1 is 1.23 bits per heavy atom. The van der Waals surface area contributed by atoms with Gasteiger partial charge in [-0.15, -0.1) is 0 Å². The highest BCUT2D eigenvalue weighted by atomic mass is 16.6. The maximum Gasteiger partial charge on any atom is 0.300 e. The quantitative estimate of drug-likeness (QED) is 0.288. The van der Waals surface area contributed by atoms with Crippen molar-refractivity contribution < 1.29 is 14.3 Å². The summed E-state index contributed by atoms with van der Waals surface area (Å²) in [6.45, 7) is 2.20. The lowest BCUT2D eigenvalue weighted by Gasteiger charge is -2.10. The van der Waals surface area contributed by atoms with Gasteiger partial charge < -0.3 is 21.1 Å². The Kier molecular flexibility index (Phi) is 5.39. The molecule has 136 valence electrons. The van der Waals surface area contributed by atoms with E-state index in [0.29, 0.717) is 37.1 Å². The highest BCUT2D eigenvalue weighted by Gasteiger charge is 2.14. The molecule has 0 spiro atoms. The number of hydrogen-bond acceptors (Lipinski definition) is 10. The van der Waals surface area contributed by atoms with Gasteiger partial charge in [0.1, 0.15) is 12.1 Å². The number of nitrogens with zero attached hydrogens (tertiary/aromatic N) is 4. The van der Waals surface area contributed by atoms with Gasteiger partial charge in [-0.3, -0.25) is 15.1 Å². The molecule has 0 bridgehead atoms. The van der Waals surface area contributed by atoms with Crippen LogP contribution in [0.5, 0.6) is 5.88 Å². The lowest BCUT2D eigenvalue weighted by atomic mass is 10.1. The van der Waals surface area contributed by atoms with Crippen LogP contribution in [0.15, 0.2) is 35.1 Å². The predicted octanol–water partition coefficient (Wildman–Crippen LogP) is 1.19. The number of rotatable bonds is 9. The van der Waals surface area contributed by atoms with Crippen molar-refractivity contribution in [3.8, 4) is 5.88 Å². The standard InChI is InChI=1S/C15H17N7O4/c16-14-15(21-26-20-14)25-9-8-17-6-7-18-11-3-4-12(22(23)24)10-2-1-5-19-13(10)11/h1-5,17-18H,6-9H2,(H2,16,20). The summed E-state index contributed by atoms with van der Waals surface area (Å²) < 4.78 is 9.71. The first kappa shape index (κ1) is 17.4. The summed E-state index contributed by atoms with van der Waals surface area (Å²) in [6.07, 6.45) is 1.61. The fourth-order valence-electron chi connectivity index (χ4n) is 2.38. The molecule has 4 N–H and O–H groups in total. The van der Waals surface area contributed by atoms with E-state index in [-0.39, 0.29) is 17.4 Å². The Balaban J connectivity index is 1.47. The van der Waals surface area contributed by atoms with Crippen LogP contribution in [0.25, 0.3) is 10.9 Å². The fraction of sp³-hybridized carbons (Fsp3) is 0.267. The van der Waals surface area contributed by atoms with E-state index in [4.69, 9.17) is 10.5 Å². The van der Waals surface area contributed by atoms with Gasteiger partial charge in [0, 0.05) is 31.9 Å². The Morgan fingerprint density at radius 3 is 2.88 bits per heavy atom. The molecule has 2 aromatic heterocycles. The van der Waals surface area contributed by atoms with Crippen molar-refractivity contribution in [3.63, 3.8) is 0 Å². The third kappa shape index (κ3) is 3.95. The Labute approximate surface area is 147 Å². The smallest absolute Gasteiger partial charge is 0.300 e. The van der Waals surface area contributed by atoms with Gasteiger partial charge >= 0.3 is 0 Å². The molecule has 0 aliphatic heterocycles. The first-order valence-corrected chi connectivity index (χ1v) is 7.84. The number of non-ortho nitro benzene ring substituents is 1. The minimum absolute atomic E-state index is 0.0375. The number of ether oxygens (including phenoxy) is 1. The van der Waals surface area contributed by atoms with Crippen molar-refractivity contribution in [1.29, 1.82) is 0 Å². The Hall–Kier alpha value is -3.47. The number of benzene rings is 1. The minimum atomic E-state index is -0.410. The molecule has 0 aliphatic carbocycles. The highest BCUT2D eigenvalue weighted by Crippen LogP contribution is 2.29. The molecule has 0 atom stereocenters. The molecule has 0 unspecified atom stereocenters. The van der Waals surface area contributed by atoms with Crippen LogP contribution in [0.2, 0.25) is 0 Å². The van der Waals surface area contributed by atoms with Gasteiger partial charge in [0.15, 0.2) is 0 Å². The van der Waals surface area contributed by atoms with Gasteiger partial charge in [0.25, 0.3) is 11.6 Å². The predicted molar refractivity (Wildman–Crippen MR) is 94.0 cm³/mol. The van der Waals surface area contributed by atoms with Gasteiger partial charge in [-0.2, -0.15) is 0 Å². The molecule has 0 amide bonds. The number of nitro groups is 1. The summed E-state index contributed by atoms with van der Waals surface area (Å²) in [5.41, 5.74) is 6.82. The highest BCUT2D eigenvalue weighted by molar-refractivity contribution is 5.96. The molecule has 3 aromatic rings.